The van der Waals surface area contributed by atoms with E-state index in [0.717, 1.165) is 18.4 Å². The van der Waals surface area contributed by atoms with Crippen molar-refractivity contribution in [3.05, 3.63) is 53.1 Å². The Morgan fingerprint density at radius 2 is 1.75 bits per heavy atom. The molecular formula is C21H24ClNO5. The van der Waals surface area contributed by atoms with Gasteiger partial charge in [0.2, 0.25) is 11.7 Å². The second kappa shape index (κ2) is 8.71. The number of para-hydroxylation sites is 1. The summed E-state index contributed by atoms with van der Waals surface area (Å²) >= 11 is 5.93. The molecule has 2 aromatic rings. The minimum Gasteiger partial charge on any atom is -0.493 e. The monoisotopic (exact) mass is 405 g/mol. The van der Waals surface area contributed by atoms with Crippen LogP contribution in [0.25, 0.3) is 0 Å². The number of hydrogen-bond acceptors (Lipinski definition) is 5. The van der Waals surface area contributed by atoms with E-state index in [1.165, 1.54) is 14.2 Å². The quantitative estimate of drug-likeness (QED) is 0.670. The number of methoxy groups -OCH3 is 2. The van der Waals surface area contributed by atoms with Gasteiger partial charge in [-0.2, -0.15) is 0 Å². The van der Waals surface area contributed by atoms with Crippen LogP contribution in [0.2, 0.25) is 5.02 Å². The zero-order valence-electron chi connectivity index (χ0n) is 15.9. The van der Waals surface area contributed by atoms with Gasteiger partial charge in [-0.25, -0.2) is 0 Å². The maximum atomic E-state index is 12.7. The van der Waals surface area contributed by atoms with Gasteiger partial charge < -0.3 is 24.6 Å². The summed E-state index contributed by atoms with van der Waals surface area (Å²) < 4.78 is 16.2. The van der Waals surface area contributed by atoms with Gasteiger partial charge in [-0.3, -0.25) is 4.79 Å². The molecule has 0 heterocycles. The molecule has 0 radical (unpaired) electrons. The summed E-state index contributed by atoms with van der Waals surface area (Å²) in [5.74, 6) is 1.34. The van der Waals surface area contributed by atoms with Gasteiger partial charge in [0.05, 0.1) is 19.6 Å². The molecule has 1 unspecified atom stereocenters. The zero-order chi connectivity index (χ0) is 20.1. The molecule has 1 fully saturated rings. The minimum atomic E-state index is -0.875. The van der Waals surface area contributed by atoms with Crippen LogP contribution in [-0.2, 0) is 10.2 Å². The number of carbonyl (C=O) groups is 1. The highest BCUT2D eigenvalue weighted by Gasteiger charge is 2.51. The molecule has 1 atom stereocenters. The van der Waals surface area contributed by atoms with Crippen LogP contribution in [0.15, 0.2) is 42.5 Å². The van der Waals surface area contributed by atoms with Crippen molar-refractivity contribution in [3.63, 3.8) is 0 Å². The van der Waals surface area contributed by atoms with Crippen molar-refractivity contribution in [2.24, 2.45) is 0 Å². The molecule has 2 N–H and O–H groups in total. The number of carbonyl (C=O) groups excluding carboxylic acids is 1. The van der Waals surface area contributed by atoms with Crippen molar-refractivity contribution in [1.82, 2.24) is 5.32 Å². The Bertz CT molecular complexity index is 798. The molecule has 0 spiro atoms. The maximum absolute atomic E-state index is 12.7. The fraction of sp³-hybridized carbons (Fsp3) is 0.381. The molecule has 150 valence electrons. The van der Waals surface area contributed by atoms with E-state index in [1.807, 2.05) is 12.1 Å². The number of halogens is 1. The van der Waals surface area contributed by atoms with E-state index in [1.54, 1.807) is 30.3 Å². The number of amides is 1. The second-order valence-corrected chi connectivity index (χ2v) is 7.19. The van der Waals surface area contributed by atoms with Gasteiger partial charge in [0.15, 0.2) is 11.5 Å². The highest BCUT2D eigenvalue weighted by molar-refractivity contribution is 6.30. The molecule has 1 saturated carbocycles. The topological polar surface area (TPSA) is 77.0 Å². The Hall–Kier alpha value is -2.44. The number of benzene rings is 2. The Kier molecular flexibility index (Phi) is 6.31. The van der Waals surface area contributed by atoms with Crippen molar-refractivity contribution in [2.75, 3.05) is 27.4 Å². The molecule has 0 saturated heterocycles. The summed E-state index contributed by atoms with van der Waals surface area (Å²) in [6, 6.07) is 12.6. The fourth-order valence-electron chi connectivity index (χ4n) is 3.12. The van der Waals surface area contributed by atoms with Crippen molar-refractivity contribution in [3.8, 4) is 17.2 Å². The van der Waals surface area contributed by atoms with E-state index in [0.29, 0.717) is 22.3 Å². The summed E-state index contributed by atoms with van der Waals surface area (Å²) in [6.07, 6.45) is 0.691. The van der Waals surface area contributed by atoms with Gasteiger partial charge in [0, 0.05) is 11.6 Å². The SMILES string of the molecule is COc1cccc(OC)c1OCC(O)CNC(=O)C1(c2ccc(Cl)cc2)CC1. The summed E-state index contributed by atoms with van der Waals surface area (Å²) in [6.45, 7) is 0.0800. The Morgan fingerprint density at radius 3 is 2.29 bits per heavy atom. The van der Waals surface area contributed by atoms with Crippen LogP contribution >= 0.6 is 11.6 Å². The van der Waals surface area contributed by atoms with Crippen LogP contribution in [0, 0.1) is 0 Å². The van der Waals surface area contributed by atoms with Crippen molar-refractivity contribution in [1.29, 1.82) is 0 Å². The van der Waals surface area contributed by atoms with Gasteiger partial charge >= 0.3 is 0 Å². The molecular weight excluding hydrogens is 382 g/mol. The molecule has 1 amide bonds. The normalized spacial score (nSPS) is 15.4. The third-order valence-corrected chi connectivity index (χ3v) is 5.13. The molecule has 2 aromatic carbocycles. The number of aliphatic hydroxyl groups excluding tert-OH is 1. The first-order chi connectivity index (χ1) is 13.5. The van der Waals surface area contributed by atoms with Gasteiger partial charge in [-0.05, 0) is 42.7 Å². The lowest BCUT2D eigenvalue weighted by molar-refractivity contribution is -0.124. The smallest absolute Gasteiger partial charge is 0.230 e. The van der Waals surface area contributed by atoms with Crippen molar-refractivity contribution in [2.45, 2.75) is 24.4 Å². The average Bonchev–Trinajstić information content (AvgIpc) is 3.52. The lowest BCUT2D eigenvalue weighted by atomic mass is 9.95. The van der Waals surface area contributed by atoms with E-state index >= 15 is 0 Å². The van der Waals surface area contributed by atoms with Crippen molar-refractivity contribution >= 4 is 17.5 Å². The Balaban J connectivity index is 1.54. The van der Waals surface area contributed by atoms with Gasteiger partial charge in [0.1, 0.15) is 12.7 Å². The zero-order valence-corrected chi connectivity index (χ0v) is 16.7. The summed E-state index contributed by atoms with van der Waals surface area (Å²) in [7, 11) is 3.06. The lowest BCUT2D eigenvalue weighted by Gasteiger charge is -2.19. The van der Waals surface area contributed by atoms with E-state index in [-0.39, 0.29) is 19.1 Å². The predicted molar refractivity (Wildman–Crippen MR) is 106 cm³/mol. The van der Waals surface area contributed by atoms with E-state index in [4.69, 9.17) is 25.8 Å². The maximum Gasteiger partial charge on any atom is 0.230 e. The standard InChI is InChI=1S/C21H24ClNO5/c1-26-17-4-3-5-18(27-2)19(17)28-13-16(24)12-23-20(25)21(10-11-21)14-6-8-15(22)9-7-14/h3-9,16,24H,10-13H2,1-2H3,(H,23,25). The highest BCUT2D eigenvalue weighted by Crippen LogP contribution is 2.48. The van der Waals surface area contributed by atoms with Crippen LogP contribution in [0.4, 0.5) is 0 Å². The fourth-order valence-corrected chi connectivity index (χ4v) is 3.24. The number of rotatable bonds is 9. The minimum absolute atomic E-state index is 0.00897. The molecule has 0 aromatic heterocycles. The van der Waals surface area contributed by atoms with Gasteiger partial charge in [-0.15, -0.1) is 0 Å². The first-order valence-corrected chi connectivity index (χ1v) is 9.44. The molecule has 7 heteroatoms. The van der Waals surface area contributed by atoms with Gasteiger partial charge in [-0.1, -0.05) is 29.8 Å². The number of hydrogen-bond donors (Lipinski definition) is 2. The molecule has 0 bridgehead atoms. The molecule has 6 nitrogen and oxygen atoms in total. The van der Waals surface area contributed by atoms with E-state index in [2.05, 4.69) is 5.32 Å². The molecule has 3 rings (SSSR count). The third kappa shape index (κ3) is 4.34. The average molecular weight is 406 g/mol. The van der Waals surface area contributed by atoms with Crippen LogP contribution in [0.3, 0.4) is 0 Å². The predicted octanol–water partition coefficient (Wildman–Crippen LogP) is 2.94. The number of ether oxygens (including phenoxy) is 3. The largest absolute Gasteiger partial charge is 0.493 e. The second-order valence-electron chi connectivity index (χ2n) is 6.76. The lowest BCUT2D eigenvalue weighted by Crippen LogP contribution is -2.40. The summed E-state index contributed by atoms with van der Waals surface area (Å²) in [4.78, 5) is 12.7. The summed E-state index contributed by atoms with van der Waals surface area (Å²) in [5.41, 5.74) is 0.427. The van der Waals surface area contributed by atoms with Crippen molar-refractivity contribution < 1.29 is 24.1 Å². The van der Waals surface area contributed by atoms with E-state index in [9.17, 15) is 9.90 Å². The first-order valence-electron chi connectivity index (χ1n) is 9.06. The summed E-state index contributed by atoms with van der Waals surface area (Å²) in [5, 5.41) is 13.7. The Morgan fingerprint density at radius 1 is 1.14 bits per heavy atom. The molecule has 0 aliphatic heterocycles. The van der Waals surface area contributed by atoms with Crippen LogP contribution in [-0.4, -0.2) is 44.5 Å². The number of aliphatic hydroxyl groups is 1. The number of nitrogens with one attached hydrogen (secondary N) is 1. The first kappa shape index (κ1) is 20.3. The third-order valence-electron chi connectivity index (χ3n) is 4.88. The molecule has 1 aliphatic carbocycles. The van der Waals surface area contributed by atoms with Crippen LogP contribution < -0.4 is 19.5 Å². The van der Waals surface area contributed by atoms with Gasteiger partial charge in [0.25, 0.3) is 0 Å². The highest BCUT2D eigenvalue weighted by atomic mass is 35.5. The van der Waals surface area contributed by atoms with E-state index < -0.39 is 11.5 Å². The molecule has 1 aliphatic rings. The molecule has 28 heavy (non-hydrogen) atoms. The Labute approximate surface area is 169 Å². The van der Waals surface area contributed by atoms with Crippen LogP contribution in [0.5, 0.6) is 17.2 Å². The van der Waals surface area contributed by atoms with Crippen LogP contribution in [0.1, 0.15) is 18.4 Å².